The van der Waals surface area contributed by atoms with Crippen LogP contribution >= 0.6 is 0 Å². The third-order valence-electron chi connectivity index (χ3n) is 7.69. The number of benzene rings is 1. The lowest BCUT2D eigenvalue weighted by atomic mass is 9.95. The Hall–Kier alpha value is -3.23. The molecule has 4 heterocycles. The lowest BCUT2D eigenvalue weighted by molar-refractivity contribution is -0.187. The zero-order valence-corrected chi connectivity index (χ0v) is 18.9. The molecule has 8 nitrogen and oxygen atoms in total. The fourth-order valence-electron chi connectivity index (χ4n) is 5.72. The number of halogens is 3. The van der Waals surface area contributed by atoms with E-state index in [2.05, 4.69) is 26.2 Å². The maximum Gasteiger partial charge on any atom is 0.397 e. The van der Waals surface area contributed by atoms with Gasteiger partial charge in [0.2, 0.25) is 11.8 Å². The van der Waals surface area contributed by atoms with Gasteiger partial charge >= 0.3 is 6.18 Å². The highest BCUT2D eigenvalue weighted by Crippen LogP contribution is 2.75. The molecule has 2 saturated heterocycles. The number of fused-ring (bicyclic) bond motifs is 2. The van der Waals surface area contributed by atoms with Gasteiger partial charge in [0.15, 0.2) is 0 Å². The summed E-state index contributed by atoms with van der Waals surface area (Å²) in [6.45, 7) is 3.54. The van der Waals surface area contributed by atoms with Crippen LogP contribution in [0.2, 0.25) is 0 Å². The SMILES string of the molecule is N#Cc1ccc(N2C[C@]3(c4nnc(CCN5CCOCC5)o4)C[C@]3(C(F)(F)F)C2)c2cccnc12. The molecule has 6 rings (SSSR count). The van der Waals surface area contributed by atoms with Gasteiger partial charge in [-0.1, -0.05) is 0 Å². The summed E-state index contributed by atoms with van der Waals surface area (Å²) in [6.07, 6.45) is -2.44. The van der Waals surface area contributed by atoms with Gasteiger partial charge in [-0.05, 0) is 30.7 Å². The highest BCUT2D eigenvalue weighted by molar-refractivity contribution is 5.95. The largest absolute Gasteiger partial charge is 0.425 e. The topological polar surface area (TPSA) is 91.3 Å². The van der Waals surface area contributed by atoms with Crippen LogP contribution in [0.4, 0.5) is 18.9 Å². The number of hydrogen-bond donors (Lipinski definition) is 0. The summed E-state index contributed by atoms with van der Waals surface area (Å²) in [5.74, 6) is 0.417. The number of nitrogens with zero attached hydrogens (tertiary/aromatic N) is 6. The molecule has 2 atom stereocenters. The van der Waals surface area contributed by atoms with Crippen molar-refractivity contribution in [2.24, 2.45) is 5.41 Å². The number of nitriles is 1. The summed E-state index contributed by atoms with van der Waals surface area (Å²) in [4.78, 5) is 8.23. The van der Waals surface area contributed by atoms with E-state index in [0.717, 1.165) is 13.1 Å². The first-order chi connectivity index (χ1) is 16.9. The number of alkyl halides is 3. The van der Waals surface area contributed by atoms with Crippen molar-refractivity contribution in [3.05, 3.63) is 47.8 Å². The summed E-state index contributed by atoms with van der Waals surface area (Å²) in [5, 5.41) is 18.3. The number of morpholine rings is 1. The third kappa shape index (κ3) is 3.38. The van der Waals surface area contributed by atoms with Crippen LogP contribution in [0.3, 0.4) is 0 Å². The van der Waals surface area contributed by atoms with Gasteiger partial charge in [-0.3, -0.25) is 9.88 Å². The van der Waals surface area contributed by atoms with Crippen LogP contribution in [0.5, 0.6) is 0 Å². The molecule has 1 saturated carbocycles. The molecule has 3 fully saturated rings. The van der Waals surface area contributed by atoms with Crippen molar-refractivity contribution in [1.82, 2.24) is 20.1 Å². The molecule has 1 aromatic carbocycles. The van der Waals surface area contributed by atoms with E-state index < -0.39 is 17.0 Å². The molecule has 0 N–H and O–H groups in total. The van der Waals surface area contributed by atoms with Crippen molar-refractivity contribution in [3.8, 4) is 6.07 Å². The van der Waals surface area contributed by atoms with Crippen molar-refractivity contribution in [1.29, 1.82) is 5.26 Å². The molecule has 2 aliphatic heterocycles. The first kappa shape index (κ1) is 22.2. The summed E-state index contributed by atoms with van der Waals surface area (Å²) in [7, 11) is 0. The summed E-state index contributed by atoms with van der Waals surface area (Å²) in [5.41, 5.74) is -1.74. The van der Waals surface area contributed by atoms with E-state index in [1.54, 1.807) is 35.4 Å². The highest BCUT2D eigenvalue weighted by atomic mass is 19.4. The average molecular weight is 484 g/mol. The van der Waals surface area contributed by atoms with Crippen LogP contribution < -0.4 is 4.90 Å². The van der Waals surface area contributed by atoms with E-state index in [9.17, 15) is 18.4 Å². The normalized spacial score (nSPS) is 26.6. The standard InChI is InChI=1S/C24H23F3N6O2/c25-24(26,27)23-13-22(23,21-31-30-19(35-21)5-7-32-8-10-34-11-9-32)14-33(15-23)18-4-3-16(12-28)20-17(18)2-1-6-29-20/h1-4,6H,5,7-11,13-15H2/t22-,23-/m0/s1. The zero-order chi connectivity index (χ0) is 24.3. The Bertz CT molecular complexity index is 1310. The number of pyridine rings is 1. The zero-order valence-electron chi connectivity index (χ0n) is 18.9. The van der Waals surface area contributed by atoms with Gasteiger partial charge in [0, 0.05) is 56.4 Å². The van der Waals surface area contributed by atoms with Gasteiger partial charge in [0.25, 0.3) is 0 Å². The highest BCUT2D eigenvalue weighted by Gasteiger charge is 2.86. The second-order valence-corrected chi connectivity index (χ2v) is 9.54. The van der Waals surface area contributed by atoms with E-state index in [-0.39, 0.29) is 25.4 Å². The smallest absolute Gasteiger partial charge is 0.397 e. The molecule has 3 aliphatic rings. The molecule has 0 bridgehead atoms. The van der Waals surface area contributed by atoms with Crippen molar-refractivity contribution in [2.45, 2.75) is 24.4 Å². The van der Waals surface area contributed by atoms with E-state index in [1.807, 2.05) is 0 Å². The Labute approximate surface area is 199 Å². The minimum absolute atomic E-state index is 0.0605. The second kappa shape index (κ2) is 7.90. The van der Waals surface area contributed by atoms with Crippen molar-refractivity contribution in [3.63, 3.8) is 0 Å². The third-order valence-corrected chi connectivity index (χ3v) is 7.69. The fourth-order valence-corrected chi connectivity index (χ4v) is 5.72. The Morgan fingerprint density at radius 3 is 2.71 bits per heavy atom. The summed E-state index contributed by atoms with van der Waals surface area (Å²) >= 11 is 0. The molecule has 2 aromatic heterocycles. The van der Waals surface area contributed by atoms with Crippen molar-refractivity contribution in [2.75, 3.05) is 50.8 Å². The Balaban J connectivity index is 1.30. The Morgan fingerprint density at radius 2 is 1.94 bits per heavy atom. The van der Waals surface area contributed by atoms with Gasteiger partial charge in [-0.2, -0.15) is 18.4 Å². The van der Waals surface area contributed by atoms with E-state index >= 15 is 0 Å². The predicted molar refractivity (Wildman–Crippen MR) is 119 cm³/mol. The van der Waals surface area contributed by atoms with Gasteiger partial charge in [-0.25, -0.2) is 0 Å². The Morgan fingerprint density at radius 1 is 1.11 bits per heavy atom. The maximum atomic E-state index is 14.4. The first-order valence-electron chi connectivity index (χ1n) is 11.6. The van der Waals surface area contributed by atoms with E-state index in [0.29, 0.717) is 54.2 Å². The molecule has 3 aromatic rings. The number of aromatic nitrogens is 3. The maximum absolute atomic E-state index is 14.4. The molecule has 0 amide bonds. The van der Waals surface area contributed by atoms with Gasteiger partial charge in [0.05, 0.1) is 29.7 Å². The van der Waals surface area contributed by atoms with Gasteiger partial charge in [-0.15, -0.1) is 10.2 Å². The summed E-state index contributed by atoms with van der Waals surface area (Å²) in [6, 6.07) is 8.92. The van der Waals surface area contributed by atoms with Gasteiger partial charge in [0.1, 0.15) is 11.5 Å². The number of ether oxygens (including phenoxy) is 1. The molecular weight excluding hydrogens is 461 g/mol. The lowest BCUT2D eigenvalue weighted by Gasteiger charge is -2.25. The number of anilines is 1. The predicted octanol–water partition coefficient (Wildman–Crippen LogP) is 3.07. The number of rotatable bonds is 5. The monoisotopic (exact) mass is 484 g/mol. The fraction of sp³-hybridized carbons (Fsp3) is 0.500. The molecule has 35 heavy (non-hydrogen) atoms. The first-order valence-corrected chi connectivity index (χ1v) is 11.6. The van der Waals surface area contributed by atoms with E-state index in [4.69, 9.17) is 9.15 Å². The van der Waals surface area contributed by atoms with Crippen LogP contribution in [0.25, 0.3) is 10.9 Å². The van der Waals surface area contributed by atoms with Crippen LogP contribution in [0.1, 0.15) is 23.8 Å². The molecule has 0 unspecified atom stereocenters. The molecule has 182 valence electrons. The van der Waals surface area contributed by atoms with Crippen LogP contribution in [-0.4, -0.2) is 72.2 Å². The summed E-state index contributed by atoms with van der Waals surface area (Å²) < 4.78 is 54.6. The van der Waals surface area contributed by atoms with Crippen LogP contribution in [-0.2, 0) is 16.6 Å². The van der Waals surface area contributed by atoms with Crippen LogP contribution in [0.15, 0.2) is 34.9 Å². The number of hydrogen-bond acceptors (Lipinski definition) is 8. The number of piperidine rings is 1. The molecular formula is C24H23F3N6O2. The molecule has 0 spiro atoms. The quantitative estimate of drug-likeness (QED) is 0.546. The molecule has 0 radical (unpaired) electrons. The molecule has 11 heteroatoms. The lowest BCUT2D eigenvalue weighted by Crippen LogP contribution is -2.37. The molecule has 1 aliphatic carbocycles. The second-order valence-electron chi connectivity index (χ2n) is 9.54. The average Bonchev–Trinajstić information content (AvgIpc) is 3.17. The minimum Gasteiger partial charge on any atom is -0.425 e. The van der Waals surface area contributed by atoms with Crippen LogP contribution in [0, 0.1) is 16.7 Å². The van der Waals surface area contributed by atoms with Crippen molar-refractivity contribution >= 4 is 16.6 Å². The Kier molecular flexibility index (Phi) is 5.02. The van der Waals surface area contributed by atoms with Gasteiger partial charge < -0.3 is 14.1 Å². The minimum atomic E-state index is -4.43. The van der Waals surface area contributed by atoms with Crippen molar-refractivity contribution < 1.29 is 22.3 Å². The van der Waals surface area contributed by atoms with E-state index in [1.165, 1.54) is 0 Å².